The number of benzene rings is 1. The third-order valence-corrected chi connectivity index (χ3v) is 5.49. The normalized spacial score (nSPS) is 17.8. The van der Waals surface area contributed by atoms with E-state index < -0.39 is 0 Å². The Morgan fingerprint density at radius 1 is 1.19 bits per heavy atom. The molecule has 27 heavy (non-hydrogen) atoms. The minimum absolute atomic E-state index is 0.161. The lowest BCUT2D eigenvalue weighted by atomic mass is 9.95. The first-order valence-corrected chi connectivity index (χ1v) is 9.84. The maximum absolute atomic E-state index is 6.35. The molecule has 0 spiro atoms. The van der Waals surface area contributed by atoms with Crippen molar-refractivity contribution < 1.29 is 0 Å². The monoisotopic (exact) mass is 384 g/mol. The number of hydrogen-bond acceptors (Lipinski definition) is 5. The van der Waals surface area contributed by atoms with E-state index in [1.54, 1.807) is 0 Å². The molecular formula is C20H25ClN6. The van der Waals surface area contributed by atoms with Gasteiger partial charge in [-0.15, -0.1) is 5.10 Å². The van der Waals surface area contributed by atoms with Crippen molar-refractivity contribution in [1.29, 1.82) is 0 Å². The van der Waals surface area contributed by atoms with Gasteiger partial charge in [-0.25, -0.2) is 14.6 Å². The van der Waals surface area contributed by atoms with Crippen molar-refractivity contribution in [1.82, 2.24) is 25.0 Å². The predicted octanol–water partition coefficient (Wildman–Crippen LogP) is 4.21. The molecule has 0 radical (unpaired) electrons. The Bertz CT molecular complexity index is 974. The van der Waals surface area contributed by atoms with Crippen LogP contribution in [-0.4, -0.2) is 37.5 Å². The molecule has 2 aromatic heterocycles. The summed E-state index contributed by atoms with van der Waals surface area (Å²) in [5.41, 5.74) is 2.37. The SMILES string of the molecule is CC1CCCN1c1nc(C(C)(C)C)nc2c1nnn2Cc1ccccc1Cl. The summed E-state index contributed by atoms with van der Waals surface area (Å²) in [4.78, 5) is 12.1. The van der Waals surface area contributed by atoms with Crippen molar-refractivity contribution in [3.63, 3.8) is 0 Å². The third-order valence-electron chi connectivity index (χ3n) is 5.12. The summed E-state index contributed by atoms with van der Waals surface area (Å²) >= 11 is 6.35. The van der Waals surface area contributed by atoms with Gasteiger partial charge in [0.15, 0.2) is 17.0 Å². The summed E-state index contributed by atoms with van der Waals surface area (Å²) in [6.07, 6.45) is 2.34. The molecule has 1 aliphatic rings. The fourth-order valence-electron chi connectivity index (χ4n) is 3.52. The van der Waals surface area contributed by atoms with Gasteiger partial charge >= 0.3 is 0 Å². The third kappa shape index (κ3) is 3.38. The van der Waals surface area contributed by atoms with E-state index in [4.69, 9.17) is 21.6 Å². The van der Waals surface area contributed by atoms with Crippen LogP contribution in [0.1, 0.15) is 51.9 Å². The molecule has 1 saturated heterocycles. The number of hydrogen-bond donors (Lipinski definition) is 0. The largest absolute Gasteiger partial charge is 0.352 e. The summed E-state index contributed by atoms with van der Waals surface area (Å²) in [5, 5.41) is 9.56. The summed E-state index contributed by atoms with van der Waals surface area (Å²) in [7, 11) is 0. The molecule has 0 N–H and O–H groups in total. The maximum Gasteiger partial charge on any atom is 0.184 e. The van der Waals surface area contributed by atoms with E-state index in [-0.39, 0.29) is 5.41 Å². The minimum atomic E-state index is -0.161. The van der Waals surface area contributed by atoms with Crippen molar-refractivity contribution >= 4 is 28.6 Å². The fraction of sp³-hybridized carbons (Fsp3) is 0.500. The second kappa shape index (κ2) is 6.75. The van der Waals surface area contributed by atoms with Gasteiger partial charge in [-0.1, -0.05) is 55.8 Å². The van der Waals surface area contributed by atoms with E-state index in [2.05, 4.69) is 42.9 Å². The molecule has 7 heteroatoms. The first kappa shape index (κ1) is 18.2. The quantitative estimate of drug-likeness (QED) is 0.677. The molecule has 0 bridgehead atoms. The lowest BCUT2D eigenvalue weighted by molar-refractivity contribution is 0.544. The van der Waals surface area contributed by atoms with Gasteiger partial charge < -0.3 is 4.90 Å². The van der Waals surface area contributed by atoms with Crippen molar-refractivity contribution in [2.45, 2.75) is 58.5 Å². The second-order valence-corrected chi connectivity index (χ2v) is 8.72. The van der Waals surface area contributed by atoms with Gasteiger partial charge in [0.05, 0.1) is 6.54 Å². The highest BCUT2D eigenvalue weighted by molar-refractivity contribution is 6.31. The smallest absolute Gasteiger partial charge is 0.184 e. The average molecular weight is 385 g/mol. The van der Waals surface area contributed by atoms with Gasteiger partial charge in [0, 0.05) is 23.0 Å². The standard InChI is InChI=1S/C20H25ClN6/c1-13-8-7-11-26(13)17-16-18(23-19(22-17)20(2,3)4)27(25-24-16)12-14-9-5-6-10-15(14)21/h5-6,9-10,13H,7-8,11-12H2,1-4H3. The number of halogens is 1. The number of anilines is 1. The summed E-state index contributed by atoms with van der Waals surface area (Å²) in [6.45, 7) is 10.2. The number of rotatable bonds is 3. The molecule has 0 saturated carbocycles. The van der Waals surface area contributed by atoms with Crippen LogP contribution in [0.15, 0.2) is 24.3 Å². The Morgan fingerprint density at radius 3 is 2.63 bits per heavy atom. The molecule has 3 heterocycles. The van der Waals surface area contributed by atoms with Gasteiger partial charge in [-0.05, 0) is 31.4 Å². The van der Waals surface area contributed by atoms with Crippen molar-refractivity contribution in [3.05, 3.63) is 40.7 Å². The summed E-state index contributed by atoms with van der Waals surface area (Å²) in [5.74, 6) is 1.71. The van der Waals surface area contributed by atoms with Crippen LogP contribution in [0, 0.1) is 0 Å². The van der Waals surface area contributed by atoms with Crippen LogP contribution in [0.2, 0.25) is 5.02 Å². The van der Waals surface area contributed by atoms with Gasteiger partial charge in [0.1, 0.15) is 5.82 Å². The van der Waals surface area contributed by atoms with Crippen molar-refractivity contribution in [2.75, 3.05) is 11.4 Å². The Kier molecular flexibility index (Phi) is 4.54. The van der Waals surface area contributed by atoms with Crippen LogP contribution < -0.4 is 4.90 Å². The van der Waals surface area contributed by atoms with Crippen LogP contribution in [-0.2, 0) is 12.0 Å². The molecule has 4 rings (SSSR count). The Hall–Kier alpha value is -2.21. The molecule has 1 fully saturated rings. The molecule has 1 aliphatic heterocycles. The van der Waals surface area contributed by atoms with Crippen LogP contribution in [0.5, 0.6) is 0 Å². The molecule has 1 unspecified atom stereocenters. The highest BCUT2D eigenvalue weighted by Gasteiger charge is 2.29. The maximum atomic E-state index is 6.35. The number of nitrogens with zero attached hydrogens (tertiary/aromatic N) is 6. The topological polar surface area (TPSA) is 59.7 Å². The van der Waals surface area contributed by atoms with Gasteiger partial charge in [0.2, 0.25) is 0 Å². The van der Waals surface area contributed by atoms with E-state index in [9.17, 15) is 0 Å². The Labute approximate surface area is 164 Å². The fourth-order valence-corrected chi connectivity index (χ4v) is 3.72. The Balaban J connectivity index is 1.86. The van der Waals surface area contributed by atoms with E-state index >= 15 is 0 Å². The first-order valence-electron chi connectivity index (χ1n) is 9.46. The van der Waals surface area contributed by atoms with Crippen molar-refractivity contribution in [2.24, 2.45) is 0 Å². The zero-order valence-corrected chi connectivity index (χ0v) is 17.0. The summed E-state index contributed by atoms with van der Waals surface area (Å²) in [6, 6.07) is 8.25. The molecule has 1 atom stereocenters. The number of fused-ring (bicyclic) bond motifs is 1. The van der Waals surface area contributed by atoms with Crippen LogP contribution in [0.4, 0.5) is 5.82 Å². The lowest BCUT2D eigenvalue weighted by Crippen LogP contribution is -2.29. The molecule has 6 nitrogen and oxygen atoms in total. The predicted molar refractivity (Wildman–Crippen MR) is 108 cm³/mol. The first-order chi connectivity index (χ1) is 12.8. The molecular weight excluding hydrogens is 360 g/mol. The van der Waals surface area contributed by atoms with E-state index in [0.29, 0.717) is 12.6 Å². The van der Waals surface area contributed by atoms with Gasteiger partial charge in [0.25, 0.3) is 0 Å². The highest BCUT2D eigenvalue weighted by Crippen LogP contribution is 2.31. The lowest BCUT2D eigenvalue weighted by Gasteiger charge is -2.25. The average Bonchev–Trinajstić information content (AvgIpc) is 3.22. The zero-order valence-electron chi connectivity index (χ0n) is 16.3. The molecule has 0 aliphatic carbocycles. The molecule has 3 aromatic rings. The molecule has 142 valence electrons. The zero-order chi connectivity index (χ0) is 19.2. The number of aromatic nitrogens is 5. The van der Waals surface area contributed by atoms with E-state index in [1.165, 1.54) is 12.8 Å². The minimum Gasteiger partial charge on any atom is -0.352 e. The second-order valence-electron chi connectivity index (χ2n) is 8.32. The van der Waals surface area contributed by atoms with Gasteiger partial charge in [-0.2, -0.15) is 0 Å². The molecule has 0 amide bonds. The van der Waals surface area contributed by atoms with Crippen LogP contribution >= 0.6 is 11.6 Å². The van der Waals surface area contributed by atoms with E-state index in [1.807, 2.05) is 28.9 Å². The van der Waals surface area contributed by atoms with Crippen molar-refractivity contribution in [3.8, 4) is 0 Å². The van der Waals surface area contributed by atoms with Gasteiger partial charge in [-0.3, -0.25) is 0 Å². The summed E-state index contributed by atoms with van der Waals surface area (Å²) < 4.78 is 1.83. The molecule has 1 aromatic carbocycles. The van der Waals surface area contributed by atoms with Crippen LogP contribution in [0.25, 0.3) is 11.2 Å². The Morgan fingerprint density at radius 2 is 1.96 bits per heavy atom. The van der Waals surface area contributed by atoms with E-state index in [0.717, 1.165) is 39.9 Å². The highest BCUT2D eigenvalue weighted by atomic mass is 35.5. The van der Waals surface area contributed by atoms with Crippen LogP contribution in [0.3, 0.4) is 0 Å².